The van der Waals surface area contributed by atoms with Gasteiger partial charge in [-0.15, -0.1) is 0 Å². The fourth-order valence-corrected chi connectivity index (χ4v) is 2.88. The highest BCUT2D eigenvalue weighted by atomic mass is 15.2. The first-order valence-corrected chi connectivity index (χ1v) is 7.15. The van der Waals surface area contributed by atoms with Gasteiger partial charge in [0.2, 0.25) is 0 Å². The Labute approximate surface area is 110 Å². The highest BCUT2D eigenvalue weighted by Crippen LogP contribution is 2.26. The van der Waals surface area contributed by atoms with Crippen molar-refractivity contribution in [1.82, 2.24) is 4.98 Å². The van der Waals surface area contributed by atoms with Crippen LogP contribution in [-0.2, 0) is 6.54 Å². The predicted octanol–water partition coefficient (Wildman–Crippen LogP) is 2.87. The normalized spacial score (nSPS) is 20.8. The van der Waals surface area contributed by atoms with Crippen LogP contribution in [0.4, 0.5) is 5.82 Å². The zero-order valence-corrected chi connectivity index (χ0v) is 11.7. The smallest absolute Gasteiger partial charge is 0.133 e. The molecule has 0 radical (unpaired) electrons. The van der Waals surface area contributed by atoms with Gasteiger partial charge < -0.3 is 10.6 Å². The molecular weight excluding hydrogens is 222 g/mol. The van der Waals surface area contributed by atoms with Crippen molar-refractivity contribution < 1.29 is 0 Å². The number of nitrogens with zero attached hydrogens (tertiary/aromatic N) is 2. The van der Waals surface area contributed by atoms with Crippen molar-refractivity contribution >= 4 is 5.82 Å². The molecule has 18 heavy (non-hydrogen) atoms. The molecule has 0 spiro atoms. The van der Waals surface area contributed by atoms with Gasteiger partial charge in [-0.2, -0.15) is 0 Å². The quantitative estimate of drug-likeness (QED) is 0.893. The Morgan fingerprint density at radius 2 is 2.22 bits per heavy atom. The minimum Gasteiger partial charge on any atom is -0.356 e. The molecule has 1 aromatic heterocycles. The van der Waals surface area contributed by atoms with Crippen molar-refractivity contribution in [2.75, 3.05) is 18.0 Å². The molecule has 3 nitrogen and oxygen atoms in total. The second kappa shape index (κ2) is 6.19. The third kappa shape index (κ3) is 2.83. The van der Waals surface area contributed by atoms with Gasteiger partial charge in [0.25, 0.3) is 0 Å². The Balaban J connectivity index is 2.18. The largest absolute Gasteiger partial charge is 0.356 e. The van der Waals surface area contributed by atoms with E-state index in [2.05, 4.69) is 29.8 Å². The van der Waals surface area contributed by atoms with Crippen molar-refractivity contribution in [3.63, 3.8) is 0 Å². The molecule has 0 aliphatic carbocycles. The Hall–Kier alpha value is -1.09. The van der Waals surface area contributed by atoms with E-state index in [1.807, 2.05) is 6.20 Å². The van der Waals surface area contributed by atoms with Gasteiger partial charge >= 0.3 is 0 Å². The molecular formula is C15H25N3. The molecule has 0 bridgehead atoms. The van der Waals surface area contributed by atoms with E-state index in [0.29, 0.717) is 6.54 Å². The van der Waals surface area contributed by atoms with Crippen LogP contribution in [-0.4, -0.2) is 18.1 Å². The van der Waals surface area contributed by atoms with Crippen molar-refractivity contribution in [1.29, 1.82) is 0 Å². The van der Waals surface area contributed by atoms with E-state index in [-0.39, 0.29) is 0 Å². The van der Waals surface area contributed by atoms with E-state index in [1.54, 1.807) is 0 Å². The van der Waals surface area contributed by atoms with Crippen LogP contribution in [0.5, 0.6) is 0 Å². The Bertz CT molecular complexity index is 389. The zero-order chi connectivity index (χ0) is 13.0. The average molecular weight is 247 g/mol. The van der Waals surface area contributed by atoms with E-state index in [4.69, 9.17) is 5.73 Å². The minimum absolute atomic E-state index is 0.586. The molecule has 0 amide bonds. The molecule has 1 fully saturated rings. The first kappa shape index (κ1) is 13.3. The zero-order valence-electron chi connectivity index (χ0n) is 11.7. The number of rotatable bonds is 3. The van der Waals surface area contributed by atoms with Crippen molar-refractivity contribution in [2.45, 2.75) is 46.1 Å². The summed E-state index contributed by atoms with van der Waals surface area (Å²) >= 11 is 0. The van der Waals surface area contributed by atoms with Crippen molar-refractivity contribution in [3.8, 4) is 0 Å². The number of anilines is 1. The average Bonchev–Trinajstić information content (AvgIpc) is 2.63. The van der Waals surface area contributed by atoms with Crippen LogP contribution in [0, 0.1) is 12.8 Å². The fourth-order valence-electron chi connectivity index (χ4n) is 2.88. The summed E-state index contributed by atoms with van der Waals surface area (Å²) in [6.07, 6.45) is 7.13. The van der Waals surface area contributed by atoms with Gasteiger partial charge in [0.1, 0.15) is 5.82 Å². The third-order valence-corrected chi connectivity index (χ3v) is 4.20. The number of aromatic nitrogens is 1. The molecule has 3 heteroatoms. The minimum atomic E-state index is 0.586. The predicted molar refractivity (Wildman–Crippen MR) is 76.7 cm³/mol. The van der Waals surface area contributed by atoms with Crippen LogP contribution in [0.25, 0.3) is 0 Å². The second-order valence-electron chi connectivity index (χ2n) is 5.33. The lowest BCUT2D eigenvalue weighted by molar-refractivity contribution is 0.459. The summed E-state index contributed by atoms with van der Waals surface area (Å²) < 4.78 is 0. The SMILES string of the molecule is CCC1CCCN(c2nccc(C)c2CN)CC1. The molecule has 2 heterocycles. The van der Waals surface area contributed by atoms with Gasteiger partial charge in [-0.05, 0) is 43.7 Å². The summed E-state index contributed by atoms with van der Waals surface area (Å²) in [5.74, 6) is 2.01. The summed E-state index contributed by atoms with van der Waals surface area (Å²) in [4.78, 5) is 7.01. The number of nitrogens with two attached hydrogens (primary N) is 1. The maximum Gasteiger partial charge on any atom is 0.133 e. The van der Waals surface area contributed by atoms with Crippen LogP contribution in [0.15, 0.2) is 12.3 Å². The number of hydrogen-bond acceptors (Lipinski definition) is 3. The van der Waals surface area contributed by atoms with Crippen LogP contribution in [0.2, 0.25) is 0 Å². The molecule has 2 rings (SSSR count). The molecule has 1 aliphatic rings. The van der Waals surface area contributed by atoms with Gasteiger partial charge in [-0.3, -0.25) is 0 Å². The number of hydrogen-bond donors (Lipinski definition) is 1. The Morgan fingerprint density at radius 1 is 1.39 bits per heavy atom. The maximum absolute atomic E-state index is 5.88. The molecule has 1 saturated heterocycles. The summed E-state index contributed by atoms with van der Waals surface area (Å²) in [6.45, 7) is 7.27. The van der Waals surface area contributed by atoms with E-state index in [1.165, 1.54) is 36.8 Å². The summed E-state index contributed by atoms with van der Waals surface area (Å²) in [5.41, 5.74) is 8.36. The molecule has 1 aromatic rings. The second-order valence-corrected chi connectivity index (χ2v) is 5.33. The van der Waals surface area contributed by atoms with Gasteiger partial charge in [0.05, 0.1) is 0 Å². The number of pyridine rings is 1. The first-order valence-electron chi connectivity index (χ1n) is 7.15. The topological polar surface area (TPSA) is 42.2 Å². The summed E-state index contributed by atoms with van der Waals surface area (Å²) in [6, 6.07) is 2.05. The van der Waals surface area contributed by atoms with Crippen LogP contribution in [0.3, 0.4) is 0 Å². The van der Waals surface area contributed by atoms with Gasteiger partial charge in [-0.1, -0.05) is 13.3 Å². The van der Waals surface area contributed by atoms with E-state index < -0.39 is 0 Å². The third-order valence-electron chi connectivity index (χ3n) is 4.20. The fraction of sp³-hybridized carbons (Fsp3) is 0.667. The lowest BCUT2D eigenvalue weighted by Gasteiger charge is -2.24. The highest BCUT2D eigenvalue weighted by Gasteiger charge is 2.19. The first-order chi connectivity index (χ1) is 8.76. The van der Waals surface area contributed by atoms with Crippen molar-refractivity contribution in [2.24, 2.45) is 11.7 Å². The van der Waals surface area contributed by atoms with Gasteiger partial charge in [0.15, 0.2) is 0 Å². The molecule has 100 valence electrons. The van der Waals surface area contributed by atoms with Crippen LogP contribution in [0.1, 0.15) is 43.7 Å². The number of aryl methyl sites for hydroxylation is 1. The monoisotopic (exact) mass is 247 g/mol. The van der Waals surface area contributed by atoms with E-state index in [9.17, 15) is 0 Å². The molecule has 1 aliphatic heterocycles. The molecule has 1 atom stereocenters. The maximum atomic E-state index is 5.88. The Kier molecular flexibility index (Phi) is 4.59. The lowest BCUT2D eigenvalue weighted by Crippen LogP contribution is -2.27. The molecule has 0 aromatic carbocycles. The van der Waals surface area contributed by atoms with Crippen molar-refractivity contribution in [3.05, 3.63) is 23.4 Å². The molecule has 2 N–H and O–H groups in total. The Morgan fingerprint density at radius 3 is 2.94 bits per heavy atom. The summed E-state index contributed by atoms with van der Waals surface area (Å²) in [7, 11) is 0. The van der Waals surface area contributed by atoms with E-state index in [0.717, 1.165) is 24.8 Å². The van der Waals surface area contributed by atoms with Gasteiger partial charge in [0, 0.05) is 31.4 Å². The molecule has 1 unspecified atom stereocenters. The van der Waals surface area contributed by atoms with Gasteiger partial charge in [-0.25, -0.2) is 4.98 Å². The van der Waals surface area contributed by atoms with E-state index >= 15 is 0 Å². The lowest BCUT2D eigenvalue weighted by atomic mass is 9.98. The standard InChI is InChI=1S/C15H25N3/c1-3-13-5-4-9-18(10-7-13)15-14(11-16)12(2)6-8-17-15/h6,8,13H,3-5,7,9-11,16H2,1-2H3. The van der Waals surface area contributed by atoms with Crippen LogP contribution >= 0.6 is 0 Å². The summed E-state index contributed by atoms with van der Waals surface area (Å²) in [5, 5.41) is 0. The highest BCUT2D eigenvalue weighted by molar-refractivity contribution is 5.50. The van der Waals surface area contributed by atoms with Crippen LogP contribution < -0.4 is 10.6 Å². The molecule has 0 saturated carbocycles.